The molecule has 160 valence electrons. The lowest BCUT2D eigenvalue weighted by Gasteiger charge is -2.40. The molecule has 1 spiro atoms. The zero-order valence-electron chi connectivity index (χ0n) is 16.7. The number of halogens is 4. The Hall–Kier alpha value is -1.27. The normalized spacial score (nSPS) is 23.6. The smallest absolute Gasteiger partial charge is 0.323 e. The van der Waals surface area contributed by atoms with Crippen molar-refractivity contribution in [1.82, 2.24) is 4.90 Å². The van der Waals surface area contributed by atoms with Crippen molar-refractivity contribution >= 4 is 23.2 Å². The molecule has 7 heteroatoms. The topological polar surface area (TPSA) is 32.3 Å². The molecule has 1 aromatic rings. The first kappa shape index (κ1) is 21.0. The largest absolute Gasteiger partial charge is 0.393 e. The summed E-state index contributed by atoms with van der Waals surface area (Å²) in [5, 5.41) is 3.07. The molecule has 3 nitrogen and oxygen atoms in total. The van der Waals surface area contributed by atoms with Gasteiger partial charge in [-0.25, -0.2) is 0 Å². The van der Waals surface area contributed by atoms with E-state index in [4.69, 9.17) is 11.6 Å². The van der Waals surface area contributed by atoms with Gasteiger partial charge in [-0.1, -0.05) is 24.6 Å². The van der Waals surface area contributed by atoms with Crippen molar-refractivity contribution in [2.24, 2.45) is 17.3 Å². The number of carbonyl (C=O) groups excluding carboxylic acids is 1. The van der Waals surface area contributed by atoms with E-state index >= 15 is 0 Å². The highest BCUT2D eigenvalue weighted by Gasteiger charge is 2.50. The highest BCUT2D eigenvalue weighted by atomic mass is 35.5. The van der Waals surface area contributed by atoms with Gasteiger partial charge in [0.2, 0.25) is 5.91 Å². The molecule has 0 radical (unpaired) electrons. The summed E-state index contributed by atoms with van der Waals surface area (Å²) in [4.78, 5) is 14.8. The average molecular weight is 429 g/mol. The quantitative estimate of drug-likeness (QED) is 0.632. The molecule has 3 aliphatic rings. The van der Waals surface area contributed by atoms with Crippen LogP contribution in [0.2, 0.25) is 5.02 Å². The Labute approximate surface area is 175 Å². The van der Waals surface area contributed by atoms with Crippen LogP contribution in [0.15, 0.2) is 18.2 Å². The minimum absolute atomic E-state index is 0.333. The molecule has 0 aromatic heterocycles. The molecule has 1 aliphatic heterocycles. The summed E-state index contributed by atoms with van der Waals surface area (Å²) in [6.45, 7) is 2.18. The minimum Gasteiger partial charge on any atom is -0.323 e. The number of benzene rings is 1. The fraction of sp³-hybridized carbons (Fsp3) is 0.682. The molecule has 29 heavy (non-hydrogen) atoms. The highest BCUT2D eigenvalue weighted by Crippen LogP contribution is 2.54. The minimum atomic E-state index is -4.44. The predicted molar refractivity (Wildman–Crippen MR) is 108 cm³/mol. The molecule has 0 bridgehead atoms. The van der Waals surface area contributed by atoms with Gasteiger partial charge >= 0.3 is 6.18 Å². The van der Waals surface area contributed by atoms with Gasteiger partial charge in [-0.2, -0.15) is 13.2 Å². The third-order valence-electron chi connectivity index (χ3n) is 6.98. The molecule has 2 saturated carbocycles. The molecular weight excluding hydrogens is 401 g/mol. The zero-order chi connectivity index (χ0) is 20.8. The van der Waals surface area contributed by atoms with Crippen LogP contribution in [0.25, 0.3) is 0 Å². The summed E-state index contributed by atoms with van der Waals surface area (Å²) >= 11 is 6.25. The van der Waals surface area contributed by atoms with E-state index < -0.39 is 24.0 Å². The molecule has 3 fully saturated rings. The lowest BCUT2D eigenvalue weighted by Crippen LogP contribution is -2.54. The lowest BCUT2D eigenvalue weighted by molar-refractivity contribution is -0.189. The van der Waals surface area contributed by atoms with Crippen molar-refractivity contribution < 1.29 is 18.0 Å². The fourth-order valence-electron chi connectivity index (χ4n) is 4.50. The van der Waals surface area contributed by atoms with E-state index in [-0.39, 0.29) is 0 Å². The molecule has 2 atom stereocenters. The summed E-state index contributed by atoms with van der Waals surface area (Å²) in [6.07, 6.45) is 2.95. The Balaban J connectivity index is 1.51. The maximum Gasteiger partial charge on any atom is 0.393 e. The standard InChI is InChI=1S/C22H28ClF3N2O/c1-14(22(24,25)26)19(28-10-8-21(6-7-21)9-11-28)20(29)27-18-13-16(4-5-17(18)23)12-15-2-3-15/h4-5,13-15,19H,2-3,6-12H2,1H3,(H,27,29)/t14-,19-/m1/s1. The highest BCUT2D eigenvalue weighted by molar-refractivity contribution is 6.33. The third-order valence-corrected chi connectivity index (χ3v) is 7.31. The summed E-state index contributed by atoms with van der Waals surface area (Å²) in [7, 11) is 0. The van der Waals surface area contributed by atoms with E-state index in [9.17, 15) is 18.0 Å². The molecule has 1 aromatic carbocycles. The molecule has 4 rings (SSSR count). The number of nitrogens with zero attached hydrogens (tertiary/aromatic N) is 1. The summed E-state index contributed by atoms with van der Waals surface area (Å²) in [5.74, 6) is -1.70. The number of piperidine rings is 1. The van der Waals surface area contributed by atoms with Gasteiger partial charge in [0, 0.05) is 0 Å². The van der Waals surface area contributed by atoms with Crippen molar-refractivity contribution in [2.45, 2.75) is 64.1 Å². The Morgan fingerprint density at radius 1 is 1.24 bits per heavy atom. The summed E-state index contributed by atoms with van der Waals surface area (Å²) < 4.78 is 40.7. The van der Waals surface area contributed by atoms with Gasteiger partial charge in [-0.3, -0.25) is 9.69 Å². The van der Waals surface area contributed by atoms with E-state index in [2.05, 4.69) is 5.32 Å². The number of hydrogen-bond donors (Lipinski definition) is 1. The van der Waals surface area contributed by atoms with Crippen LogP contribution in [-0.2, 0) is 11.2 Å². The van der Waals surface area contributed by atoms with Crippen molar-refractivity contribution in [1.29, 1.82) is 0 Å². The Morgan fingerprint density at radius 3 is 2.45 bits per heavy atom. The molecule has 1 saturated heterocycles. The van der Waals surface area contributed by atoms with E-state index in [1.54, 1.807) is 11.0 Å². The maximum atomic E-state index is 13.6. The number of anilines is 1. The number of rotatable bonds is 6. The molecule has 1 N–H and O–H groups in total. The number of alkyl halides is 3. The van der Waals surface area contributed by atoms with Crippen molar-refractivity contribution in [3.05, 3.63) is 28.8 Å². The Bertz CT molecular complexity index is 764. The summed E-state index contributed by atoms with van der Waals surface area (Å²) in [6, 6.07) is 4.21. The first-order valence-electron chi connectivity index (χ1n) is 10.6. The van der Waals surface area contributed by atoms with E-state index in [0.717, 1.165) is 44.6 Å². The van der Waals surface area contributed by atoms with Crippen LogP contribution in [0.1, 0.15) is 51.0 Å². The van der Waals surface area contributed by atoms with Crippen LogP contribution in [-0.4, -0.2) is 36.1 Å². The first-order chi connectivity index (χ1) is 13.7. The maximum absolute atomic E-state index is 13.6. The number of carbonyl (C=O) groups is 1. The van der Waals surface area contributed by atoms with Gasteiger partial charge in [-0.15, -0.1) is 0 Å². The van der Waals surface area contributed by atoms with Crippen LogP contribution in [0.5, 0.6) is 0 Å². The number of amides is 1. The molecule has 1 heterocycles. The molecule has 1 amide bonds. The molecule has 0 unspecified atom stereocenters. The lowest BCUT2D eigenvalue weighted by atomic mass is 9.90. The second kappa shape index (κ2) is 7.77. The Kier molecular flexibility index (Phi) is 5.62. The van der Waals surface area contributed by atoms with Crippen molar-refractivity contribution in [3.63, 3.8) is 0 Å². The van der Waals surface area contributed by atoms with Crippen molar-refractivity contribution in [2.75, 3.05) is 18.4 Å². The molecule has 2 aliphatic carbocycles. The van der Waals surface area contributed by atoms with E-state index in [0.29, 0.717) is 35.1 Å². The van der Waals surface area contributed by atoms with Gasteiger partial charge in [-0.05, 0) is 87.1 Å². The molecular formula is C22H28ClF3N2O. The van der Waals surface area contributed by atoms with Crippen LogP contribution in [0, 0.1) is 17.3 Å². The van der Waals surface area contributed by atoms with Gasteiger partial charge in [0.15, 0.2) is 0 Å². The number of hydrogen-bond acceptors (Lipinski definition) is 2. The van der Waals surface area contributed by atoms with Gasteiger partial charge in [0.25, 0.3) is 0 Å². The van der Waals surface area contributed by atoms with Crippen LogP contribution in [0.3, 0.4) is 0 Å². The number of likely N-dealkylation sites (tertiary alicyclic amines) is 1. The van der Waals surface area contributed by atoms with Crippen LogP contribution >= 0.6 is 11.6 Å². The van der Waals surface area contributed by atoms with Gasteiger partial charge < -0.3 is 5.32 Å². The van der Waals surface area contributed by atoms with Crippen LogP contribution < -0.4 is 5.32 Å². The average Bonchev–Trinajstić information content (AvgIpc) is 3.58. The van der Waals surface area contributed by atoms with Crippen LogP contribution in [0.4, 0.5) is 18.9 Å². The SMILES string of the molecule is C[C@H]([C@H](C(=O)Nc1cc(CC2CC2)ccc1Cl)N1CCC2(CC1)CC2)C(F)(F)F. The second-order valence-corrected chi connectivity index (χ2v) is 9.67. The first-order valence-corrected chi connectivity index (χ1v) is 10.9. The fourth-order valence-corrected chi connectivity index (χ4v) is 4.66. The van der Waals surface area contributed by atoms with Gasteiger partial charge in [0.1, 0.15) is 6.04 Å². The second-order valence-electron chi connectivity index (χ2n) is 9.26. The van der Waals surface area contributed by atoms with Gasteiger partial charge in [0.05, 0.1) is 16.6 Å². The monoisotopic (exact) mass is 428 g/mol. The van der Waals surface area contributed by atoms with E-state index in [1.165, 1.54) is 12.8 Å². The Morgan fingerprint density at radius 2 is 1.90 bits per heavy atom. The summed E-state index contributed by atoms with van der Waals surface area (Å²) in [5.41, 5.74) is 1.80. The van der Waals surface area contributed by atoms with Crippen molar-refractivity contribution in [3.8, 4) is 0 Å². The third kappa shape index (κ3) is 4.91. The predicted octanol–water partition coefficient (Wildman–Crippen LogP) is 5.67. The van der Waals surface area contributed by atoms with E-state index in [1.807, 2.05) is 12.1 Å². The zero-order valence-corrected chi connectivity index (χ0v) is 17.5. The number of nitrogens with one attached hydrogen (secondary N) is 1.